The Kier molecular flexibility index (Phi) is 5.88. The van der Waals surface area contributed by atoms with Gasteiger partial charge >= 0.3 is 0 Å². The molecule has 3 aromatic rings. The van der Waals surface area contributed by atoms with Crippen LogP contribution < -0.4 is 5.32 Å². The summed E-state index contributed by atoms with van der Waals surface area (Å²) in [6, 6.07) is 15.2. The first-order valence-electron chi connectivity index (χ1n) is 7.61. The Hall–Kier alpha value is -2.83. The topological polar surface area (TPSA) is 54.9 Å². The van der Waals surface area contributed by atoms with Crippen molar-refractivity contribution in [3.63, 3.8) is 0 Å². The molecule has 0 spiro atoms. The van der Waals surface area contributed by atoms with Crippen LogP contribution in [0.5, 0.6) is 0 Å². The van der Waals surface area contributed by atoms with Gasteiger partial charge in [-0.25, -0.2) is 4.39 Å². The molecule has 1 heterocycles. The largest absolute Gasteiger partial charge is 0.320 e. The van der Waals surface area contributed by atoms with Crippen molar-refractivity contribution in [1.29, 1.82) is 0 Å². The van der Waals surface area contributed by atoms with Crippen LogP contribution in [-0.2, 0) is 0 Å². The van der Waals surface area contributed by atoms with Crippen molar-refractivity contribution in [1.82, 2.24) is 10.2 Å². The van der Waals surface area contributed by atoms with Crippen LogP contribution in [0.25, 0.3) is 11.1 Å². The molecule has 0 aliphatic carbocycles. The predicted molar refractivity (Wildman–Crippen MR) is 104 cm³/mol. The third-order valence-corrected chi connectivity index (χ3v) is 4.63. The second kappa shape index (κ2) is 8.51. The highest BCUT2D eigenvalue weighted by molar-refractivity contribution is 7.15. The van der Waals surface area contributed by atoms with Gasteiger partial charge in [0.1, 0.15) is 5.82 Å². The molecule has 3 rings (SSSR count). The lowest BCUT2D eigenvalue weighted by Crippen LogP contribution is -2.11. The molecule has 4 nitrogen and oxygen atoms in total. The number of anilines is 1. The molecule has 0 atom stereocenters. The second-order valence-electron chi connectivity index (χ2n) is 5.16. The number of hydrogen-bond acceptors (Lipinski definition) is 4. The summed E-state index contributed by atoms with van der Waals surface area (Å²) in [6.45, 7) is 0. The lowest BCUT2D eigenvalue weighted by molar-refractivity contribution is 0.102. The standard InChI is InChI=1S/C19H13ClFN3OS/c20-16(8-4-7-13-5-2-1-3-6-13)18-23-24-19(26-18)17(25)22-15-11-9-14(21)10-12-15/h1-12H,(H,22,25)/b7-4+,16-8-. The van der Waals surface area contributed by atoms with Gasteiger partial charge in [-0.15, -0.1) is 10.2 Å². The van der Waals surface area contributed by atoms with E-state index in [0.29, 0.717) is 15.7 Å². The molecule has 1 amide bonds. The van der Waals surface area contributed by atoms with Crippen LogP contribution >= 0.6 is 22.9 Å². The van der Waals surface area contributed by atoms with Crippen LogP contribution in [0.4, 0.5) is 10.1 Å². The number of carbonyl (C=O) groups excluding carboxylic acids is 1. The minimum Gasteiger partial charge on any atom is -0.320 e. The van der Waals surface area contributed by atoms with Crippen molar-refractivity contribution < 1.29 is 9.18 Å². The summed E-state index contributed by atoms with van der Waals surface area (Å²) >= 11 is 7.29. The molecule has 0 fully saturated rings. The number of benzene rings is 2. The number of rotatable bonds is 5. The molecule has 7 heteroatoms. The highest BCUT2D eigenvalue weighted by Gasteiger charge is 2.14. The number of carbonyl (C=O) groups is 1. The van der Waals surface area contributed by atoms with E-state index in [0.717, 1.165) is 16.9 Å². The van der Waals surface area contributed by atoms with E-state index in [-0.39, 0.29) is 10.8 Å². The highest BCUT2D eigenvalue weighted by Crippen LogP contribution is 2.23. The first-order valence-corrected chi connectivity index (χ1v) is 8.81. The number of amides is 1. The summed E-state index contributed by atoms with van der Waals surface area (Å²) in [4.78, 5) is 12.2. The molecule has 0 aliphatic heterocycles. The van der Waals surface area contributed by atoms with Crippen molar-refractivity contribution in [2.45, 2.75) is 0 Å². The highest BCUT2D eigenvalue weighted by atomic mass is 35.5. The molecule has 0 aliphatic rings. The Morgan fingerprint density at radius 2 is 1.73 bits per heavy atom. The van der Waals surface area contributed by atoms with E-state index in [2.05, 4.69) is 15.5 Å². The molecule has 1 N–H and O–H groups in total. The monoisotopic (exact) mass is 385 g/mol. The van der Waals surface area contributed by atoms with Gasteiger partial charge in [0.2, 0.25) is 5.01 Å². The number of nitrogens with one attached hydrogen (secondary N) is 1. The Bertz CT molecular complexity index is 952. The zero-order chi connectivity index (χ0) is 18.4. The fourth-order valence-electron chi connectivity index (χ4n) is 2.01. The summed E-state index contributed by atoms with van der Waals surface area (Å²) in [7, 11) is 0. The summed E-state index contributed by atoms with van der Waals surface area (Å²) < 4.78 is 12.9. The molecule has 130 valence electrons. The first kappa shape index (κ1) is 18.0. The number of aromatic nitrogens is 2. The number of hydrogen-bond donors (Lipinski definition) is 1. The van der Waals surface area contributed by atoms with Crippen LogP contribution in [0.1, 0.15) is 20.4 Å². The SMILES string of the molecule is O=C(Nc1ccc(F)cc1)c1nnc(/C(Cl)=C/C=C/c2ccccc2)s1. The second-order valence-corrected chi connectivity index (χ2v) is 6.54. The van der Waals surface area contributed by atoms with E-state index in [4.69, 9.17) is 11.6 Å². The van der Waals surface area contributed by atoms with Gasteiger partial charge in [0, 0.05) is 5.69 Å². The van der Waals surface area contributed by atoms with Crippen LogP contribution in [0.15, 0.2) is 66.7 Å². The van der Waals surface area contributed by atoms with E-state index in [1.807, 2.05) is 36.4 Å². The fourth-order valence-corrected chi connectivity index (χ4v) is 2.89. The molecule has 0 bridgehead atoms. The van der Waals surface area contributed by atoms with Crippen molar-refractivity contribution in [3.05, 3.63) is 88.1 Å². The van der Waals surface area contributed by atoms with Crippen LogP contribution in [0.3, 0.4) is 0 Å². The van der Waals surface area contributed by atoms with E-state index in [1.165, 1.54) is 24.3 Å². The maximum atomic E-state index is 12.9. The normalized spacial score (nSPS) is 11.7. The van der Waals surface area contributed by atoms with E-state index in [1.54, 1.807) is 12.2 Å². The average molecular weight is 386 g/mol. The lowest BCUT2D eigenvalue weighted by atomic mass is 10.2. The zero-order valence-corrected chi connectivity index (χ0v) is 15.0. The van der Waals surface area contributed by atoms with Gasteiger partial charge in [0.15, 0.2) is 5.01 Å². The maximum Gasteiger partial charge on any atom is 0.286 e. The van der Waals surface area contributed by atoms with Crippen molar-refractivity contribution >= 4 is 45.6 Å². The minimum absolute atomic E-state index is 0.169. The molecule has 1 aromatic heterocycles. The molecular formula is C19H13ClFN3OS. The van der Waals surface area contributed by atoms with Gasteiger partial charge in [-0.2, -0.15) is 0 Å². The molecular weight excluding hydrogens is 373 g/mol. The number of nitrogens with zero attached hydrogens (tertiary/aromatic N) is 2. The van der Waals surface area contributed by atoms with Gasteiger partial charge in [0.25, 0.3) is 5.91 Å². The molecule has 0 radical (unpaired) electrons. The fraction of sp³-hybridized carbons (Fsp3) is 0. The maximum absolute atomic E-state index is 12.9. The van der Waals surface area contributed by atoms with Gasteiger partial charge in [-0.3, -0.25) is 4.79 Å². The quantitative estimate of drug-likeness (QED) is 0.612. The average Bonchev–Trinajstić information content (AvgIpc) is 3.15. The third kappa shape index (κ3) is 4.84. The van der Waals surface area contributed by atoms with E-state index >= 15 is 0 Å². The molecule has 0 saturated carbocycles. The van der Waals surface area contributed by atoms with Crippen molar-refractivity contribution in [2.75, 3.05) is 5.32 Å². The summed E-state index contributed by atoms with van der Waals surface area (Å²) in [5.41, 5.74) is 1.52. The Balaban J connectivity index is 1.66. The smallest absolute Gasteiger partial charge is 0.286 e. The molecule has 0 unspecified atom stereocenters. The van der Waals surface area contributed by atoms with Gasteiger partial charge in [0.05, 0.1) is 5.03 Å². The third-order valence-electron chi connectivity index (χ3n) is 3.26. The lowest BCUT2D eigenvalue weighted by Gasteiger charge is -2.01. The number of allylic oxidation sites excluding steroid dienone is 2. The molecule has 0 saturated heterocycles. The zero-order valence-electron chi connectivity index (χ0n) is 13.4. The van der Waals surface area contributed by atoms with Gasteiger partial charge in [-0.1, -0.05) is 65.4 Å². The minimum atomic E-state index is -0.426. The summed E-state index contributed by atoms with van der Waals surface area (Å²) in [6.07, 6.45) is 5.40. The van der Waals surface area contributed by atoms with Crippen molar-refractivity contribution in [2.24, 2.45) is 0 Å². The summed E-state index contributed by atoms with van der Waals surface area (Å²) in [5.74, 6) is -0.800. The van der Waals surface area contributed by atoms with E-state index in [9.17, 15) is 9.18 Å². The Labute approximate surface area is 158 Å². The Morgan fingerprint density at radius 3 is 2.46 bits per heavy atom. The van der Waals surface area contributed by atoms with Crippen LogP contribution in [0.2, 0.25) is 0 Å². The van der Waals surface area contributed by atoms with Crippen LogP contribution in [0, 0.1) is 5.82 Å². The first-order chi connectivity index (χ1) is 12.6. The van der Waals surface area contributed by atoms with Crippen LogP contribution in [-0.4, -0.2) is 16.1 Å². The predicted octanol–water partition coefficient (Wildman–Crippen LogP) is 5.22. The Morgan fingerprint density at radius 1 is 1.04 bits per heavy atom. The summed E-state index contributed by atoms with van der Waals surface area (Å²) in [5, 5.41) is 11.4. The molecule has 26 heavy (non-hydrogen) atoms. The van der Waals surface area contributed by atoms with E-state index < -0.39 is 5.91 Å². The van der Waals surface area contributed by atoms with Gasteiger partial charge < -0.3 is 5.32 Å². The van der Waals surface area contributed by atoms with Crippen molar-refractivity contribution in [3.8, 4) is 0 Å². The number of halogens is 2. The van der Waals surface area contributed by atoms with Gasteiger partial charge in [-0.05, 0) is 35.9 Å². The molecule has 2 aromatic carbocycles.